The number of hydrogen-bond acceptors (Lipinski definition) is 3. The van der Waals surface area contributed by atoms with Gasteiger partial charge in [0.05, 0.1) is 12.2 Å². The summed E-state index contributed by atoms with van der Waals surface area (Å²) in [5, 5.41) is 6.80. The van der Waals surface area contributed by atoms with Crippen LogP contribution < -0.4 is 10.6 Å². The number of aliphatic imine (C=N–C) groups is 1. The van der Waals surface area contributed by atoms with E-state index < -0.39 is 0 Å². The van der Waals surface area contributed by atoms with Gasteiger partial charge in [-0.05, 0) is 43.4 Å². The summed E-state index contributed by atoms with van der Waals surface area (Å²) in [6.45, 7) is 9.94. The first-order valence-electron chi connectivity index (χ1n) is 8.74. The molecule has 1 aliphatic heterocycles. The third-order valence-corrected chi connectivity index (χ3v) is 4.17. The molecular weight excluding hydrogens is 286 g/mol. The second-order valence-corrected chi connectivity index (χ2v) is 6.79. The average molecular weight is 317 g/mol. The quantitative estimate of drug-likeness (QED) is 0.623. The van der Waals surface area contributed by atoms with E-state index >= 15 is 0 Å². The van der Waals surface area contributed by atoms with E-state index in [0.29, 0.717) is 12.5 Å². The van der Waals surface area contributed by atoms with Crippen LogP contribution in [-0.2, 0) is 6.54 Å². The van der Waals surface area contributed by atoms with Crippen LogP contribution in [0.4, 0.5) is 0 Å². The topological polar surface area (TPSA) is 52.6 Å². The molecule has 2 N–H and O–H groups in total. The van der Waals surface area contributed by atoms with Crippen molar-refractivity contribution in [3.05, 3.63) is 30.1 Å². The summed E-state index contributed by atoms with van der Waals surface area (Å²) in [5.41, 5.74) is 1.02. The molecule has 5 heteroatoms. The van der Waals surface area contributed by atoms with E-state index in [1.807, 2.05) is 31.4 Å². The Hall–Kier alpha value is -1.62. The lowest BCUT2D eigenvalue weighted by atomic mass is 9.97. The van der Waals surface area contributed by atoms with Gasteiger partial charge in [0.15, 0.2) is 5.96 Å². The molecule has 2 rings (SSSR count). The van der Waals surface area contributed by atoms with E-state index in [0.717, 1.165) is 24.1 Å². The Kier molecular flexibility index (Phi) is 7.33. The lowest BCUT2D eigenvalue weighted by Crippen LogP contribution is -2.45. The van der Waals surface area contributed by atoms with Gasteiger partial charge < -0.3 is 15.5 Å². The number of pyridine rings is 1. The van der Waals surface area contributed by atoms with E-state index in [9.17, 15) is 0 Å². The Balaban J connectivity index is 1.72. The van der Waals surface area contributed by atoms with Crippen molar-refractivity contribution in [3.8, 4) is 0 Å². The first kappa shape index (κ1) is 17.7. The number of piperidine rings is 1. The van der Waals surface area contributed by atoms with E-state index in [2.05, 4.69) is 39.4 Å². The molecule has 5 nitrogen and oxygen atoms in total. The molecule has 23 heavy (non-hydrogen) atoms. The lowest BCUT2D eigenvalue weighted by Gasteiger charge is -2.34. The van der Waals surface area contributed by atoms with Crippen molar-refractivity contribution >= 4 is 5.96 Å². The van der Waals surface area contributed by atoms with Crippen molar-refractivity contribution in [1.82, 2.24) is 20.5 Å². The first-order chi connectivity index (χ1) is 11.2. The van der Waals surface area contributed by atoms with Crippen LogP contribution in [0.1, 0.15) is 32.4 Å². The zero-order chi connectivity index (χ0) is 16.5. The van der Waals surface area contributed by atoms with Gasteiger partial charge in [-0.25, -0.2) is 0 Å². The second kappa shape index (κ2) is 9.50. The standard InChI is InChI=1S/C18H31N5/c1-15(2)13-23-10-6-7-16(14-23)11-21-18(19-3)22-12-17-8-4-5-9-20-17/h4-5,8-9,15-16H,6-7,10-14H2,1-3H3,(H2,19,21,22). The highest BCUT2D eigenvalue weighted by atomic mass is 15.2. The molecule has 0 amide bonds. The molecule has 1 saturated heterocycles. The monoisotopic (exact) mass is 317 g/mol. The zero-order valence-corrected chi connectivity index (χ0v) is 14.8. The first-order valence-corrected chi connectivity index (χ1v) is 8.74. The van der Waals surface area contributed by atoms with Gasteiger partial charge in [-0.3, -0.25) is 9.98 Å². The van der Waals surface area contributed by atoms with Crippen molar-refractivity contribution < 1.29 is 0 Å². The Morgan fingerprint density at radius 2 is 2.26 bits per heavy atom. The minimum absolute atomic E-state index is 0.699. The summed E-state index contributed by atoms with van der Waals surface area (Å²) in [4.78, 5) is 11.2. The maximum Gasteiger partial charge on any atom is 0.191 e. The van der Waals surface area contributed by atoms with Gasteiger partial charge in [-0.15, -0.1) is 0 Å². The summed E-state index contributed by atoms with van der Waals surface area (Å²) in [5.74, 6) is 2.31. The van der Waals surface area contributed by atoms with Crippen LogP contribution in [0.25, 0.3) is 0 Å². The molecule has 1 aliphatic rings. The Labute approximate surface area is 140 Å². The summed E-state index contributed by atoms with van der Waals surface area (Å²) >= 11 is 0. The van der Waals surface area contributed by atoms with Gasteiger partial charge in [0.25, 0.3) is 0 Å². The van der Waals surface area contributed by atoms with Gasteiger partial charge in [0, 0.05) is 32.9 Å². The van der Waals surface area contributed by atoms with E-state index in [1.54, 1.807) is 0 Å². The zero-order valence-electron chi connectivity index (χ0n) is 14.8. The van der Waals surface area contributed by atoms with Crippen molar-refractivity contribution in [2.24, 2.45) is 16.8 Å². The van der Waals surface area contributed by atoms with Gasteiger partial charge >= 0.3 is 0 Å². The second-order valence-electron chi connectivity index (χ2n) is 6.79. The fraction of sp³-hybridized carbons (Fsp3) is 0.667. The molecule has 128 valence electrons. The molecular formula is C18H31N5. The normalized spacial score (nSPS) is 19.8. The maximum absolute atomic E-state index is 4.32. The highest BCUT2D eigenvalue weighted by Gasteiger charge is 2.20. The SMILES string of the molecule is CN=C(NCc1ccccn1)NCC1CCCN(CC(C)C)C1. The predicted octanol–water partition coefficient (Wildman–Crippen LogP) is 2.11. The Morgan fingerprint density at radius 1 is 1.39 bits per heavy atom. The molecule has 1 unspecified atom stereocenters. The third kappa shape index (κ3) is 6.57. The molecule has 2 heterocycles. The van der Waals surface area contributed by atoms with Crippen molar-refractivity contribution in [3.63, 3.8) is 0 Å². The number of likely N-dealkylation sites (tertiary alicyclic amines) is 1. The fourth-order valence-corrected chi connectivity index (χ4v) is 3.14. The third-order valence-electron chi connectivity index (χ3n) is 4.17. The number of rotatable bonds is 6. The molecule has 1 aromatic heterocycles. The molecule has 1 atom stereocenters. The number of nitrogens with one attached hydrogen (secondary N) is 2. The van der Waals surface area contributed by atoms with Crippen molar-refractivity contribution in [2.45, 2.75) is 33.2 Å². The molecule has 0 spiro atoms. The average Bonchev–Trinajstić information content (AvgIpc) is 2.56. The highest BCUT2D eigenvalue weighted by molar-refractivity contribution is 5.79. The smallest absolute Gasteiger partial charge is 0.191 e. The van der Waals surface area contributed by atoms with Crippen LogP contribution in [0.5, 0.6) is 0 Å². The Bertz CT molecular complexity index is 472. The Morgan fingerprint density at radius 3 is 2.96 bits per heavy atom. The van der Waals surface area contributed by atoms with E-state index in [1.165, 1.54) is 32.5 Å². The molecule has 0 bridgehead atoms. The van der Waals surface area contributed by atoms with Gasteiger partial charge in [0.2, 0.25) is 0 Å². The minimum atomic E-state index is 0.699. The number of nitrogens with zero attached hydrogens (tertiary/aromatic N) is 3. The van der Waals surface area contributed by atoms with Crippen molar-refractivity contribution in [2.75, 3.05) is 33.2 Å². The maximum atomic E-state index is 4.32. The number of hydrogen-bond donors (Lipinski definition) is 2. The highest BCUT2D eigenvalue weighted by Crippen LogP contribution is 2.16. The molecule has 0 aromatic carbocycles. The van der Waals surface area contributed by atoms with Gasteiger partial charge in [-0.2, -0.15) is 0 Å². The van der Waals surface area contributed by atoms with Gasteiger partial charge in [0.1, 0.15) is 0 Å². The molecule has 0 radical (unpaired) electrons. The van der Waals surface area contributed by atoms with Crippen LogP contribution in [0.15, 0.2) is 29.4 Å². The van der Waals surface area contributed by atoms with E-state index in [-0.39, 0.29) is 0 Å². The number of aromatic nitrogens is 1. The summed E-state index contributed by atoms with van der Waals surface area (Å²) in [6, 6.07) is 5.96. The van der Waals surface area contributed by atoms with Crippen LogP contribution in [0.3, 0.4) is 0 Å². The summed E-state index contributed by atoms with van der Waals surface area (Å²) in [6.07, 6.45) is 4.43. The van der Waals surface area contributed by atoms with E-state index in [4.69, 9.17) is 0 Å². The van der Waals surface area contributed by atoms with Gasteiger partial charge in [-0.1, -0.05) is 19.9 Å². The summed E-state index contributed by atoms with van der Waals surface area (Å²) < 4.78 is 0. The minimum Gasteiger partial charge on any atom is -0.356 e. The molecule has 1 aromatic rings. The number of guanidine groups is 1. The predicted molar refractivity (Wildman–Crippen MR) is 96.4 cm³/mol. The van der Waals surface area contributed by atoms with Crippen LogP contribution in [0.2, 0.25) is 0 Å². The summed E-state index contributed by atoms with van der Waals surface area (Å²) in [7, 11) is 1.82. The lowest BCUT2D eigenvalue weighted by molar-refractivity contribution is 0.159. The van der Waals surface area contributed by atoms with Crippen LogP contribution >= 0.6 is 0 Å². The van der Waals surface area contributed by atoms with Crippen LogP contribution in [-0.4, -0.2) is 49.1 Å². The van der Waals surface area contributed by atoms with Crippen molar-refractivity contribution in [1.29, 1.82) is 0 Å². The molecule has 1 fully saturated rings. The fourth-order valence-electron chi connectivity index (χ4n) is 3.14. The largest absolute Gasteiger partial charge is 0.356 e. The molecule has 0 saturated carbocycles. The van der Waals surface area contributed by atoms with Crippen LogP contribution in [0, 0.1) is 11.8 Å². The molecule has 0 aliphatic carbocycles.